The maximum absolute atomic E-state index is 11.3. The van der Waals surface area contributed by atoms with Gasteiger partial charge in [0.15, 0.2) is 5.69 Å². The quantitative estimate of drug-likeness (QED) is 0.801. The molecule has 0 aliphatic heterocycles. The van der Waals surface area contributed by atoms with Crippen molar-refractivity contribution in [3.05, 3.63) is 60.0 Å². The normalized spacial score (nSPS) is 10.5. The van der Waals surface area contributed by atoms with Gasteiger partial charge in [-0.25, -0.2) is 14.8 Å². The lowest BCUT2D eigenvalue weighted by molar-refractivity contribution is 0.0691. The number of benzene rings is 1. The van der Waals surface area contributed by atoms with Crippen molar-refractivity contribution in [2.75, 3.05) is 7.11 Å². The van der Waals surface area contributed by atoms with E-state index in [0.29, 0.717) is 17.3 Å². The number of hydrogen-bond acceptors (Lipinski definition) is 4. The summed E-state index contributed by atoms with van der Waals surface area (Å²) < 4.78 is 6.79. The Morgan fingerprint density at radius 3 is 2.48 bits per heavy atom. The Morgan fingerprint density at radius 2 is 1.91 bits per heavy atom. The van der Waals surface area contributed by atoms with Crippen molar-refractivity contribution in [1.82, 2.24) is 14.5 Å². The van der Waals surface area contributed by atoms with E-state index < -0.39 is 5.97 Å². The van der Waals surface area contributed by atoms with Crippen LogP contribution < -0.4 is 4.74 Å². The molecule has 0 fully saturated rings. The fraction of sp³-hybridized carbons (Fsp3) is 0.118. The van der Waals surface area contributed by atoms with E-state index in [1.54, 1.807) is 22.9 Å². The summed E-state index contributed by atoms with van der Waals surface area (Å²) >= 11 is 0. The molecule has 0 aliphatic rings. The predicted octanol–water partition coefficient (Wildman–Crippen LogP) is 2.95. The van der Waals surface area contributed by atoms with E-state index in [1.807, 2.05) is 31.2 Å². The van der Waals surface area contributed by atoms with Crippen LogP contribution >= 0.6 is 0 Å². The second kappa shape index (κ2) is 5.92. The van der Waals surface area contributed by atoms with Gasteiger partial charge in [-0.15, -0.1) is 0 Å². The summed E-state index contributed by atoms with van der Waals surface area (Å²) in [5, 5.41) is 9.23. The van der Waals surface area contributed by atoms with Crippen molar-refractivity contribution in [1.29, 1.82) is 0 Å². The summed E-state index contributed by atoms with van der Waals surface area (Å²) in [4.78, 5) is 19.6. The molecular formula is C17H15N3O3. The van der Waals surface area contributed by atoms with Crippen LogP contribution in [0.15, 0.2) is 48.8 Å². The number of nitrogens with zero attached hydrogens (tertiary/aromatic N) is 3. The number of hydrogen-bond donors (Lipinski definition) is 1. The highest BCUT2D eigenvalue weighted by Gasteiger charge is 2.16. The van der Waals surface area contributed by atoms with Gasteiger partial charge < -0.3 is 9.84 Å². The molecule has 6 heteroatoms. The molecule has 3 aromatic rings. The Labute approximate surface area is 133 Å². The van der Waals surface area contributed by atoms with E-state index in [2.05, 4.69) is 9.97 Å². The minimum Gasteiger partial charge on any atom is -0.481 e. The molecule has 23 heavy (non-hydrogen) atoms. The summed E-state index contributed by atoms with van der Waals surface area (Å²) in [6.45, 7) is 1.99. The SMILES string of the molecule is COc1ccc(-c2nc(C(=O)O)cn2-c2ccc(C)cc2)cn1. The molecule has 116 valence electrons. The monoisotopic (exact) mass is 309 g/mol. The maximum atomic E-state index is 11.3. The van der Waals surface area contributed by atoms with Crippen LogP contribution in [0.4, 0.5) is 0 Å². The summed E-state index contributed by atoms with van der Waals surface area (Å²) in [7, 11) is 1.54. The number of aromatic carboxylic acids is 1. The average Bonchev–Trinajstić information content (AvgIpc) is 3.01. The van der Waals surface area contributed by atoms with Crippen LogP contribution in [0.1, 0.15) is 16.1 Å². The number of pyridine rings is 1. The molecule has 0 saturated heterocycles. The van der Waals surface area contributed by atoms with Gasteiger partial charge in [-0.2, -0.15) is 0 Å². The molecule has 6 nitrogen and oxygen atoms in total. The number of carbonyl (C=O) groups is 1. The fourth-order valence-electron chi connectivity index (χ4n) is 2.22. The van der Waals surface area contributed by atoms with E-state index in [4.69, 9.17) is 4.74 Å². The summed E-state index contributed by atoms with van der Waals surface area (Å²) in [6, 6.07) is 11.3. The third kappa shape index (κ3) is 2.91. The Hall–Kier alpha value is -3.15. The van der Waals surface area contributed by atoms with Crippen molar-refractivity contribution >= 4 is 5.97 Å². The summed E-state index contributed by atoms with van der Waals surface area (Å²) in [6.07, 6.45) is 3.12. The van der Waals surface area contributed by atoms with Gasteiger partial charge in [0.05, 0.1) is 7.11 Å². The first-order valence-electron chi connectivity index (χ1n) is 6.98. The first kappa shape index (κ1) is 14.8. The molecule has 0 spiro atoms. The van der Waals surface area contributed by atoms with E-state index in [1.165, 1.54) is 13.3 Å². The molecule has 3 rings (SSSR count). The largest absolute Gasteiger partial charge is 0.481 e. The van der Waals surface area contributed by atoms with Crippen LogP contribution in [0.2, 0.25) is 0 Å². The predicted molar refractivity (Wildman–Crippen MR) is 85.0 cm³/mol. The van der Waals surface area contributed by atoms with Gasteiger partial charge in [0, 0.05) is 29.7 Å². The Morgan fingerprint density at radius 1 is 1.17 bits per heavy atom. The lowest BCUT2D eigenvalue weighted by Crippen LogP contribution is -1.97. The fourth-order valence-corrected chi connectivity index (χ4v) is 2.22. The molecular weight excluding hydrogens is 294 g/mol. The van der Waals surface area contributed by atoms with Crippen LogP contribution in [-0.2, 0) is 0 Å². The molecule has 0 bridgehead atoms. The molecule has 1 aromatic carbocycles. The number of imidazole rings is 1. The summed E-state index contributed by atoms with van der Waals surface area (Å²) in [5.41, 5.74) is 2.65. The second-order valence-electron chi connectivity index (χ2n) is 5.05. The van der Waals surface area contributed by atoms with Crippen LogP contribution in [-0.4, -0.2) is 32.7 Å². The van der Waals surface area contributed by atoms with Crippen molar-refractivity contribution in [3.8, 4) is 23.0 Å². The highest BCUT2D eigenvalue weighted by atomic mass is 16.5. The minimum absolute atomic E-state index is 0.0172. The molecule has 0 unspecified atom stereocenters. The number of rotatable bonds is 4. The van der Waals surface area contributed by atoms with Crippen molar-refractivity contribution < 1.29 is 14.6 Å². The van der Waals surface area contributed by atoms with Gasteiger partial charge in [0.25, 0.3) is 0 Å². The molecule has 0 radical (unpaired) electrons. The molecule has 1 N–H and O–H groups in total. The van der Waals surface area contributed by atoms with E-state index >= 15 is 0 Å². The molecule has 0 amide bonds. The maximum Gasteiger partial charge on any atom is 0.356 e. The third-order valence-electron chi connectivity index (χ3n) is 3.44. The molecule has 0 saturated carbocycles. The number of ether oxygens (including phenoxy) is 1. The Bertz CT molecular complexity index is 837. The number of methoxy groups -OCH3 is 1. The second-order valence-corrected chi connectivity index (χ2v) is 5.05. The third-order valence-corrected chi connectivity index (χ3v) is 3.44. The van der Waals surface area contributed by atoms with Crippen LogP contribution in [0.5, 0.6) is 5.88 Å². The van der Waals surface area contributed by atoms with Crippen molar-refractivity contribution in [3.63, 3.8) is 0 Å². The van der Waals surface area contributed by atoms with Gasteiger partial charge >= 0.3 is 5.97 Å². The molecule has 2 aromatic heterocycles. The standard InChI is InChI=1S/C17H15N3O3/c1-11-3-6-13(7-4-11)20-10-14(17(21)22)19-16(20)12-5-8-15(23-2)18-9-12/h3-10H,1-2H3,(H,21,22). The minimum atomic E-state index is -1.07. The van der Waals surface area contributed by atoms with Gasteiger partial charge in [0.2, 0.25) is 5.88 Å². The zero-order valence-electron chi connectivity index (χ0n) is 12.7. The number of carboxylic acid groups (broad SMARTS) is 1. The lowest BCUT2D eigenvalue weighted by atomic mass is 10.2. The molecule has 0 atom stereocenters. The van der Waals surface area contributed by atoms with Gasteiger partial charge in [0.1, 0.15) is 5.82 Å². The summed E-state index contributed by atoms with van der Waals surface area (Å²) in [5.74, 6) is -0.0689. The Kier molecular flexibility index (Phi) is 3.80. The van der Waals surface area contributed by atoms with Gasteiger partial charge in [-0.3, -0.25) is 4.57 Å². The Balaban J connectivity index is 2.13. The molecule has 0 aliphatic carbocycles. The lowest BCUT2D eigenvalue weighted by Gasteiger charge is -2.08. The van der Waals surface area contributed by atoms with Crippen LogP contribution in [0.3, 0.4) is 0 Å². The average molecular weight is 309 g/mol. The first-order chi connectivity index (χ1) is 11.1. The van der Waals surface area contributed by atoms with Crippen LogP contribution in [0.25, 0.3) is 17.1 Å². The molecule has 2 heterocycles. The van der Waals surface area contributed by atoms with Gasteiger partial charge in [-0.1, -0.05) is 17.7 Å². The van der Waals surface area contributed by atoms with Crippen molar-refractivity contribution in [2.24, 2.45) is 0 Å². The topological polar surface area (TPSA) is 77.2 Å². The van der Waals surface area contributed by atoms with Crippen LogP contribution in [0, 0.1) is 6.92 Å². The number of carboxylic acids is 1. The van der Waals surface area contributed by atoms with Gasteiger partial charge in [-0.05, 0) is 25.1 Å². The highest BCUT2D eigenvalue weighted by molar-refractivity contribution is 5.86. The zero-order valence-corrected chi connectivity index (χ0v) is 12.7. The number of aromatic nitrogens is 3. The smallest absolute Gasteiger partial charge is 0.356 e. The van der Waals surface area contributed by atoms with E-state index in [-0.39, 0.29) is 5.69 Å². The van der Waals surface area contributed by atoms with E-state index in [0.717, 1.165) is 11.3 Å². The first-order valence-corrected chi connectivity index (χ1v) is 6.98. The highest BCUT2D eigenvalue weighted by Crippen LogP contribution is 2.24. The zero-order chi connectivity index (χ0) is 16.4. The van der Waals surface area contributed by atoms with E-state index in [9.17, 15) is 9.90 Å². The number of aryl methyl sites for hydroxylation is 1. The van der Waals surface area contributed by atoms with Crippen molar-refractivity contribution in [2.45, 2.75) is 6.92 Å².